The monoisotopic (exact) mass is 261 g/mol. The number of hydrogen-bond donors (Lipinski definition) is 2. The van der Waals surface area contributed by atoms with Gasteiger partial charge in [0.05, 0.1) is 0 Å². The molecule has 0 saturated heterocycles. The second kappa shape index (κ2) is 5.56. The van der Waals surface area contributed by atoms with Gasteiger partial charge in [-0.15, -0.1) is 0 Å². The molecule has 18 heavy (non-hydrogen) atoms. The van der Waals surface area contributed by atoms with Crippen LogP contribution in [0.5, 0.6) is 0 Å². The Labute approximate surface area is 110 Å². The van der Waals surface area contributed by atoms with Crippen LogP contribution in [0.25, 0.3) is 0 Å². The van der Waals surface area contributed by atoms with Crippen LogP contribution in [0.3, 0.4) is 0 Å². The van der Waals surface area contributed by atoms with Crippen molar-refractivity contribution >= 4 is 23.3 Å². The fourth-order valence-corrected chi connectivity index (χ4v) is 1.87. The molecule has 0 aromatic heterocycles. The Kier molecular flexibility index (Phi) is 3.85. The Morgan fingerprint density at radius 1 is 1.11 bits per heavy atom. The molecule has 0 amide bonds. The van der Waals surface area contributed by atoms with Gasteiger partial charge < -0.3 is 10.4 Å². The average molecular weight is 262 g/mol. The van der Waals surface area contributed by atoms with Gasteiger partial charge in [0.1, 0.15) is 0 Å². The molecule has 0 heterocycles. The molecule has 3 nitrogen and oxygen atoms in total. The van der Waals surface area contributed by atoms with E-state index < -0.39 is 12.0 Å². The molecule has 2 aromatic carbocycles. The van der Waals surface area contributed by atoms with Crippen LogP contribution in [0.15, 0.2) is 54.6 Å². The number of para-hydroxylation sites is 1. The van der Waals surface area contributed by atoms with Gasteiger partial charge in [-0.05, 0) is 29.8 Å². The molecule has 4 heteroatoms. The lowest BCUT2D eigenvalue weighted by molar-refractivity contribution is -0.138. The summed E-state index contributed by atoms with van der Waals surface area (Å²) in [6, 6.07) is 15.2. The summed E-state index contributed by atoms with van der Waals surface area (Å²) in [5, 5.41) is 12.8. The fraction of sp³-hybridized carbons (Fsp3) is 0.0714. The highest BCUT2D eigenvalue weighted by Crippen LogP contribution is 2.22. The van der Waals surface area contributed by atoms with E-state index in [1.165, 1.54) is 0 Å². The van der Waals surface area contributed by atoms with Gasteiger partial charge in [-0.2, -0.15) is 0 Å². The number of halogens is 1. The van der Waals surface area contributed by atoms with Gasteiger partial charge in [-0.1, -0.05) is 41.9 Å². The first-order chi connectivity index (χ1) is 8.66. The third kappa shape index (κ3) is 3.02. The minimum Gasteiger partial charge on any atom is -0.479 e. The Morgan fingerprint density at radius 3 is 2.44 bits per heavy atom. The Morgan fingerprint density at radius 2 is 1.83 bits per heavy atom. The molecule has 0 aliphatic rings. The lowest BCUT2D eigenvalue weighted by atomic mass is 10.1. The highest BCUT2D eigenvalue weighted by molar-refractivity contribution is 6.30. The molecule has 0 aliphatic heterocycles. The first-order valence-electron chi connectivity index (χ1n) is 5.46. The lowest BCUT2D eigenvalue weighted by Gasteiger charge is -2.16. The van der Waals surface area contributed by atoms with Gasteiger partial charge in [-0.3, -0.25) is 0 Å². The number of nitrogens with one attached hydrogen (secondary N) is 1. The number of anilines is 1. The molecule has 0 bridgehead atoms. The van der Waals surface area contributed by atoms with E-state index in [2.05, 4.69) is 5.32 Å². The molecular weight excluding hydrogens is 250 g/mol. The van der Waals surface area contributed by atoms with Gasteiger partial charge in [-0.25, -0.2) is 4.79 Å². The van der Waals surface area contributed by atoms with Crippen LogP contribution in [-0.2, 0) is 4.79 Å². The van der Waals surface area contributed by atoms with Crippen molar-refractivity contribution in [3.63, 3.8) is 0 Å². The van der Waals surface area contributed by atoms with Gasteiger partial charge >= 0.3 is 5.97 Å². The molecule has 0 unspecified atom stereocenters. The summed E-state index contributed by atoms with van der Waals surface area (Å²) in [5.74, 6) is -0.943. The number of carboxylic acid groups (broad SMARTS) is 1. The standard InChI is InChI=1S/C14H12ClNO2/c15-11-6-4-5-10(9-11)13(14(17)18)16-12-7-2-1-3-8-12/h1-9,13,16H,(H,17,18)/t13-/m0/s1. The quantitative estimate of drug-likeness (QED) is 0.884. The fourth-order valence-electron chi connectivity index (χ4n) is 1.67. The van der Waals surface area contributed by atoms with Crippen molar-refractivity contribution in [3.05, 3.63) is 65.2 Å². The zero-order valence-corrected chi connectivity index (χ0v) is 10.3. The van der Waals surface area contributed by atoms with Crippen molar-refractivity contribution < 1.29 is 9.90 Å². The second-order valence-electron chi connectivity index (χ2n) is 3.84. The predicted molar refractivity (Wildman–Crippen MR) is 71.9 cm³/mol. The summed E-state index contributed by atoms with van der Waals surface area (Å²) in [7, 11) is 0. The zero-order chi connectivity index (χ0) is 13.0. The number of carbonyl (C=O) groups is 1. The smallest absolute Gasteiger partial charge is 0.330 e. The minimum atomic E-state index is -0.943. The highest BCUT2D eigenvalue weighted by Gasteiger charge is 2.19. The number of benzene rings is 2. The van der Waals surface area contributed by atoms with Gasteiger partial charge in [0.25, 0.3) is 0 Å². The van der Waals surface area contributed by atoms with Crippen LogP contribution in [0, 0.1) is 0 Å². The summed E-state index contributed by atoms with van der Waals surface area (Å²) in [6.07, 6.45) is 0. The van der Waals surface area contributed by atoms with Crippen LogP contribution in [-0.4, -0.2) is 11.1 Å². The first-order valence-corrected chi connectivity index (χ1v) is 5.84. The lowest BCUT2D eigenvalue weighted by Crippen LogP contribution is -2.20. The highest BCUT2D eigenvalue weighted by atomic mass is 35.5. The number of aliphatic carboxylic acids is 1. The molecule has 0 fully saturated rings. The molecule has 2 N–H and O–H groups in total. The van der Waals surface area contributed by atoms with Crippen LogP contribution in [0.2, 0.25) is 5.02 Å². The van der Waals surface area contributed by atoms with Gasteiger partial charge in [0.15, 0.2) is 6.04 Å². The summed E-state index contributed by atoms with van der Waals surface area (Å²) in [5.41, 5.74) is 1.38. The minimum absolute atomic E-state index is 0.522. The maximum Gasteiger partial charge on any atom is 0.330 e. The Hall–Kier alpha value is -2.00. The van der Waals surface area contributed by atoms with Crippen LogP contribution >= 0.6 is 11.6 Å². The summed E-state index contributed by atoms with van der Waals surface area (Å²) in [6.45, 7) is 0. The van der Waals surface area contributed by atoms with Gasteiger partial charge in [0.2, 0.25) is 0 Å². The topological polar surface area (TPSA) is 49.3 Å². The molecule has 0 spiro atoms. The van der Waals surface area contributed by atoms with Crippen LogP contribution in [0.1, 0.15) is 11.6 Å². The van der Waals surface area contributed by atoms with E-state index in [1.807, 2.05) is 30.3 Å². The van der Waals surface area contributed by atoms with Crippen molar-refractivity contribution in [2.75, 3.05) is 5.32 Å². The molecule has 0 aliphatic carbocycles. The molecule has 0 saturated carbocycles. The average Bonchev–Trinajstić information content (AvgIpc) is 2.37. The van der Waals surface area contributed by atoms with Crippen molar-refractivity contribution in [1.82, 2.24) is 0 Å². The SMILES string of the molecule is O=C(O)[C@@H](Nc1ccccc1)c1cccc(Cl)c1. The number of carboxylic acids is 1. The summed E-state index contributed by atoms with van der Waals surface area (Å²) >= 11 is 5.88. The molecule has 2 rings (SSSR count). The predicted octanol–water partition coefficient (Wildman–Crippen LogP) is 3.58. The largest absolute Gasteiger partial charge is 0.479 e. The van der Waals surface area contributed by atoms with Gasteiger partial charge in [0, 0.05) is 10.7 Å². The Bertz CT molecular complexity index is 543. The summed E-state index contributed by atoms with van der Waals surface area (Å²) in [4.78, 5) is 11.3. The zero-order valence-electron chi connectivity index (χ0n) is 9.51. The van der Waals surface area contributed by atoms with Crippen molar-refractivity contribution in [3.8, 4) is 0 Å². The normalized spacial score (nSPS) is 11.8. The van der Waals surface area contributed by atoms with E-state index in [1.54, 1.807) is 24.3 Å². The number of rotatable bonds is 4. The first kappa shape index (κ1) is 12.5. The van der Waals surface area contributed by atoms with E-state index in [4.69, 9.17) is 11.6 Å². The maximum absolute atomic E-state index is 11.3. The third-order valence-electron chi connectivity index (χ3n) is 2.51. The van der Waals surface area contributed by atoms with Crippen molar-refractivity contribution in [2.24, 2.45) is 0 Å². The van der Waals surface area contributed by atoms with E-state index in [-0.39, 0.29) is 0 Å². The maximum atomic E-state index is 11.3. The Balaban J connectivity index is 2.27. The van der Waals surface area contributed by atoms with E-state index >= 15 is 0 Å². The van der Waals surface area contributed by atoms with Crippen LogP contribution < -0.4 is 5.32 Å². The third-order valence-corrected chi connectivity index (χ3v) is 2.75. The molecular formula is C14H12ClNO2. The molecule has 2 aromatic rings. The van der Waals surface area contributed by atoms with E-state index in [0.29, 0.717) is 10.6 Å². The van der Waals surface area contributed by atoms with E-state index in [9.17, 15) is 9.90 Å². The molecule has 92 valence electrons. The van der Waals surface area contributed by atoms with Crippen molar-refractivity contribution in [1.29, 1.82) is 0 Å². The van der Waals surface area contributed by atoms with Crippen molar-refractivity contribution in [2.45, 2.75) is 6.04 Å². The molecule has 1 atom stereocenters. The van der Waals surface area contributed by atoms with Crippen LogP contribution in [0.4, 0.5) is 5.69 Å². The molecule has 0 radical (unpaired) electrons. The second-order valence-corrected chi connectivity index (χ2v) is 4.27. The summed E-state index contributed by atoms with van der Waals surface area (Å²) < 4.78 is 0. The van der Waals surface area contributed by atoms with E-state index in [0.717, 1.165) is 5.69 Å². The number of hydrogen-bond acceptors (Lipinski definition) is 2.